The smallest absolute Gasteiger partial charge is 0.0947 e. The highest BCUT2D eigenvalue weighted by Gasteiger charge is 2.19. The van der Waals surface area contributed by atoms with Crippen molar-refractivity contribution in [2.45, 2.75) is 52.0 Å². The zero-order valence-electron chi connectivity index (χ0n) is 12.8. The van der Waals surface area contributed by atoms with Gasteiger partial charge in [0.25, 0.3) is 0 Å². The van der Waals surface area contributed by atoms with Gasteiger partial charge in [-0.1, -0.05) is 27.7 Å². The van der Waals surface area contributed by atoms with Crippen molar-refractivity contribution < 1.29 is 0 Å². The SMILES string of the molecule is CCCNC(Cc1nc(C(C)(C)C)cs1)c1ccsc1. The zero-order chi connectivity index (χ0) is 14.6. The van der Waals surface area contributed by atoms with Crippen LogP contribution in [0.1, 0.15) is 56.4 Å². The van der Waals surface area contributed by atoms with E-state index in [9.17, 15) is 0 Å². The van der Waals surface area contributed by atoms with E-state index < -0.39 is 0 Å². The molecule has 2 aromatic heterocycles. The van der Waals surface area contributed by atoms with Gasteiger partial charge in [-0.15, -0.1) is 11.3 Å². The molecule has 2 aromatic rings. The third-order valence-electron chi connectivity index (χ3n) is 3.29. The number of rotatable bonds is 6. The molecule has 0 aliphatic rings. The predicted molar refractivity (Wildman–Crippen MR) is 89.9 cm³/mol. The molecule has 0 aliphatic heterocycles. The summed E-state index contributed by atoms with van der Waals surface area (Å²) in [6.45, 7) is 9.92. The number of hydrogen-bond acceptors (Lipinski definition) is 4. The molecule has 110 valence electrons. The predicted octanol–water partition coefficient (Wildman–Crippen LogP) is 4.79. The van der Waals surface area contributed by atoms with Gasteiger partial charge in [0.2, 0.25) is 0 Å². The summed E-state index contributed by atoms with van der Waals surface area (Å²) in [4.78, 5) is 4.82. The van der Waals surface area contributed by atoms with Crippen LogP contribution in [0.3, 0.4) is 0 Å². The monoisotopic (exact) mass is 308 g/mol. The molecule has 1 atom stereocenters. The van der Waals surface area contributed by atoms with Crippen LogP contribution in [0.4, 0.5) is 0 Å². The second-order valence-corrected chi connectivity index (χ2v) is 7.87. The Labute approximate surface area is 130 Å². The van der Waals surface area contributed by atoms with E-state index in [4.69, 9.17) is 4.98 Å². The number of nitrogens with one attached hydrogen (secondary N) is 1. The average molecular weight is 309 g/mol. The first-order valence-corrected chi connectivity index (χ1v) is 9.03. The molecule has 0 saturated heterocycles. The molecular weight excluding hydrogens is 284 g/mol. The van der Waals surface area contributed by atoms with Crippen LogP contribution in [0.2, 0.25) is 0 Å². The molecule has 0 aliphatic carbocycles. The van der Waals surface area contributed by atoms with Crippen molar-refractivity contribution in [3.63, 3.8) is 0 Å². The maximum absolute atomic E-state index is 4.82. The Hall–Kier alpha value is -0.710. The van der Waals surface area contributed by atoms with E-state index in [-0.39, 0.29) is 5.41 Å². The molecule has 0 fully saturated rings. The second-order valence-electron chi connectivity index (χ2n) is 6.14. The highest BCUT2D eigenvalue weighted by Crippen LogP contribution is 2.27. The third kappa shape index (κ3) is 4.14. The summed E-state index contributed by atoms with van der Waals surface area (Å²) in [7, 11) is 0. The van der Waals surface area contributed by atoms with E-state index in [0.717, 1.165) is 19.4 Å². The lowest BCUT2D eigenvalue weighted by atomic mass is 9.93. The van der Waals surface area contributed by atoms with Gasteiger partial charge in [0, 0.05) is 23.3 Å². The molecule has 0 amide bonds. The fourth-order valence-electron chi connectivity index (χ4n) is 2.02. The van der Waals surface area contributed by atoms with E-state index in [1.165, 1.54) is 16.3 Å². The van der Waals surface area contributed by atoms with Gasteiger partial charge < -0.3 is 5.32 Å². The van der Waals surface area contributed by atoms with Crippen molar-refractivity contribution in [3.8, 4) is 0 Å². The molecule has 0 bridgehead atoms. The van der Waals surface area contributed by atoms with Crippen molar-refractivity contribution in [2.75, 3.05) is 6.54 Å². The highest BCUT2D eigenvalue weighted by molar-refractivity contribution is 7.09. The van der Waals surface area contributed by atoms with Crippen LogP contribution >= 0.6 is 22.7 Å². The number of thiophene rings is 1. The molecule has 0 spiro atoms. The minimum absolute atomic E-state index is 0.142. The van der Waals surface area contributed by atoms with Crippen LogP contribution < -0.4 is 5.32 Å². The first-order chi connectivity index (χ1) is 9.50. The van der Waals surface area contributed by atoms with E-state index in [0.29, 0.717) is 6.04 Å². The Morgan fingerprint density at radius 3 is 2.65 bits per heavy atom. The number of hydrogen-bond donors (Lipinski definition) is 1. The quantitative estimate of drug-likeness (QED) is 0.830. The zero-order valence-corrected chi connectivity index (χ0v) is 14.4. The van der Waals surface area contributed by atoms with Gasteiger partial charge in [-0.3, -0.25) is 0 Å². The van der Waals surface area contributed by atoms with Gasteiger partial charge >= 0.3 is 0 Å². The van der Waals surface area contributed by atoms with E-state index >= 15 is 0 Å². The molecular formula is C16H24N2S2. The lowest BCUT2D eigenvalue weighted by molar-refractivity contribution is 0.524. The van der Waals surface area contributed by atoms with Crippen LogP contribution in [0.25, 0.3) is 0 Å². The van der Waals surface area contributed by atoms with Crippen LogP contribution in [0.5, 0.6) is 0 Å². The molecule has 2 rings (SSSR count). The highest BCUT2D eigenvalue weighted by atomic mass is 32.1. The van der Waals surface area contributed by atoms with E-state index in [2.05, 4.69) is 55.2 Å². The molecule has 2 nitrogen and oxygen atoms in total. The summed E-state index contributed by atoms with van der Waals surface area (Å²) in [6, 6.07) is 2.61. The Morgan fingerprint density at radius 1 is 1.30 bits per heavy atom. The van der Waals surface area contributed by atoms with Gasteiger partial charge in [-0.05, 0) is 35.4 Å². The normalized spacial score (nSPS) is 13.6. The summed E-state index contributed by atoms with van der Waals surface area (Å²) in [5, 5.41) is 11.5. The average Bonchev–Trinajstić information content (AvgIpc) is 3.04. The molecule has 4 heteroatoms. The fraction of sp³-hybridized carbons (Fsp3) is 0.562. The molecule has 0 radical (unpaired) electrons. The van der Waals surface area contributed by atoms with Gasteiger partial charge in [0.15, 0.2) is 0 Å². The number of nitrogens with zero attached hydrogens (tertiary/aromatic N) is 1. The van der Waals surface area contributed by atoms with Crippen LogP contribution in [0.15, 0.2) is 22.2 Å². The van der Waals surface area contributed by atoms with Crippen molar-refractivity contribution in [3.05, 3.63) is 38.5 Å². The molecule has 0 saturated carbocycles. The largest absolute Gasteiger partial charge is 0.310 e. The standard InChI is InChI=1S/C16H24N2S2/c1-5-7-17-13(12-6-8-19-10-12)9-15-18-14(11-20-15)16(2,3)4/h6,8,10-11,13,17H,5,7,9H2,1-4H3. The molecule has 2 heterocycles. The van der Waals surface area contributed by atoms with Gasteiger partial charge in [-0.2, -0.15) is 11.3 Å². The number of aromatic nitrogens is 1. The van der Waals surface area contributed by atoms with Crippen LogP contribution in [-0.2, 0) is 11.8 Å². The maximum Gasteiger partial charge on any atom is 0.0947 e. The van der Waals surface area contributed by atoms with Gasteiger partial charge in [-0.25, -0.2) is 4.98 Å². The maximum atomic E-state index is 4.82. The van der Waals surface area contributed by atoms with Crippen molar-refractivity contribution in [2.24, 2.45) is 0 Å². The summed E-state index contributed by atoms with van der Waals surface area (Å²) in [5.74, 6) is 0. The van der Waals surface area contributed by atoms with Crippen molar-refractivity contribution in [1.82, 2.24) is 10.3 Å². The molecule has 1 unspecified atom stereocenters. The molecule has 0 aromatic carbocycles. The lowest BCUT2D eigenvalue weighted by Crippen LogP contribution is -2.23. The first kappa shape index (κ1) is 15.7. The van der Waals surface area contributed by atoms with Crippen molar-refractivity contribution in [1.29, 1.82) is 0 Å². The fourth-order valence-corrected chi connectivity index (χ4v) is 3.81. The van der Waals surface area contributed by atoms with E-state index in [1.807, 2.05) is 0 Å². The third-order valence-corrected chi connectivity index (χ3v) is 4.86. The Balaban J connectivity index is 2.09. The minimum Gasteiger partial charge on any atom is -0.310 e. The molecule has 1 N–H and O–H groups in total. The lowest BCUT2D eigenvalue weighted by Gasteiger charge is -2.17. The van der Waals surface area contributed by atoms with Crippen molar-refractivity contribution >= 4 is 22.7 Å². The topological polar surface area (TPSA) is 24.9 Å². The summed E-state index contributed by atoms with van der Waals surface area (Å²) in [5.41, 5.74) is 2.73. The summed E-state index contributed by atoms with van der Waals surface area (Å²) >= 11 is 3.55. The van der Waals surface area contributed by atoms with Gasteiger partial charge in [0.1, 0.15) is 0 Å². The first-order valence-electron chi connectivity index (χ1n) is 7.21. The minimum atomic E-state index is 0.142. The van der Waals surface area contributed by atoms with Crippen LogP contribution in [-0.4, -0.2) is 11.5 Å². The number of thiazole rings is 1. The van der Waals surface area contributed by atoms with Crippen LogP contribution in [0, 0.1) is 0 Å². The Morgan fingerprint density at radius 2 is 2.10 bits per heavy atom. The molecule has 20 heavy (non-hydrogen) atoms. The summed E-state index contributed by atoms with van der Waals surface area (Å²) in [6.07, 6.45) is 2.14. The Bertz CT molecular complexity index is 509. The van der Waals surface area contributed by atoms with Gasteiger partial charge in [0.05, 0.1) is 10.7 Å². The Kier molecular flexibility index (Phi) is 5.35. The second kappa shape index (κ2) is 6.83. The van der Waals surface area contributed by atoms with E-state index in [1.54, 1.807) is 22.7 Å². The summed E-state index contributed by atoms with van der Waals surface area (Å²) < 4.78 is 0.